The first-order valence-corrected chi connectivity index (χ1v) is 13.9. The van der Waals surface area contributed by atoms with Gasteiger partial charge in [0.15, 0.2) is 5.75 Å². The number of hydrogen-bond donors (Lipinski definition) is 5. The fourth-order valence-corrected chi connectivity index (χ4v) is 4.40. The van der Waals surface area contributed by atoms with E-state index in [4.69, 9.17) is 11.5 Å². The summed E-state index contributed by atoms with van der Waals surface area (Å²) in [5.41, 5.74) is 16.5. The first-order chi connectivity index (χ1) is 20.2. The molecule has 0 saturated carbocycles. The average molecular weight is 626 g/mol. The van der Waals surface area contributed by atoms with Crippen molar-refractivity contribution in [1.82, 2.24) is 0 Å². The minimum Gasteiger partial charge on any atom is -0.506 e. The van der Waals surface area contributed by atoms with E-state index in [0.29, 0.717) is 39.6 Å². The quantitative estimate of drug-likeness (QED) is 0.0795. The van der Waals surface area contributed by atoms with E-state index in [-0.39, 0.29) is 46.6 Å². The maximum absolute atomic E-state index is 11.6. The van der Waals surface area contributed by atoms with E-state index >= 15 is 0 Å². The van der Waals surface area contributed by atoms with E-state index in [0.717, 1.165) is 17.7 Å². The Hall–Kier alpha value is -4.54. The second kappa shape index (κ2) is 13.8. The maximum atomic E-state index is 11.6. The van der Waals surface area contributed by atoms with Crippen molar-refractivity contribution in [1.29, 1.82) is 0 Å². The number of nitrogens with zero attached hydrogens (tertiary/aromatic N) is 6. The number of carboxylic acid groups (broad SMARTS) is 1. The third kappa shape index (κ3) is 7.89. The first kappa shape index (κ1) is 34.0. The predicted molar refractivity (Wildman–Crippen MR) is 160 cm³/mol. The molecule has 0 aromatic heterocycles. The summed E-state index contributed by atoms with van der Waals surface area (Å²) >= 11 is 0. The van der Waals surface area contributed by atoms with Crippen LogP contribution in [0.5, 0.6) is 5.75 Å². The van der Waals surface area contributed by atoms with E-state index in [1.807, 2.05) is 31.2 Å². The average Bonchev–Trinajstić information content (AvgIpc) is 2.94. The number of nitrogen functional groups attached to an aromatic ring is 2. The second-order valence-corrected chi connectivity index (χ2v) is 10.8. The molecule has 14 nitrogen and oxygen atoms in total. The zero-order valence-electron chi connectivity index (χ0n) is 24.1. The van der Waals surface area contributed by atoms with Gasteiger partial charge in [-0.05, 0) is 80.4 Å². The van der Waals surface area contributed by atoms with Gasteiger partial charge in [0, 0.05) is 0 Å². The molecular weight excluding hydrogens is 599 g/mol. The predicted octanol–water partition coefficient (Wildman–Crippen LogP) is 4.68. The van der Waals surface area contributed by atoms with Crippen molar-refractivity contribution in [3.63, 3.8) is 0 Å². The Morgan fingerprint density at radius 1 is 0.705 bits per heavy atom. The van der Waals surface area contributed by atoms with Crippen molar-refractivity contribution >= 4 is 61.6 Å². The van der Waals surface area contributed by atoms with Gasteiger partial charge in [-0.1, -0.05) is 17.7 Å². The zero-order valence-corrected chi connectivity index (χ0v) is 26.9. The summed E-state index contributed by atoms with van der Waals surface area (Å²) in [6, 6.07) is 15.7. The van der Waals surface area contributed by atoms with Crippen LogP contribution in [-0.2, 0) is 10.1 Å². The van der Waals surface area contributed by atoms with Crippen molar-refractivity contribution in [3.05, 3.63) is 82.9 Å². The standard InChI is InChI=1S/C28H26N8O6S.Na/c1-14-4-6-17(7-5-14)31-35-22-11-16(3)24(29)26(25(22)30)36-32-18-8-9-21(15(2)10-18)34-33-19-12-20(28(38)39)27(37)23(13-19)43(40,41)42;/h4-13,37H,29-30H2,1-3H3,(H,38,39)(H,40,41,42);/q;+1. The van der Waals surface area contributed by atoms with Crippen molar-refractivity contribution in [2.24, 2.45) is 30.7 Å². The number of carbonyl (C=O) groups is 1. The third-order valence-corrected chi connectivity index (χ3v) is 7.03. The number of phenols is 1. The Bertz CT molecular complexity index is 1950. The molecule has 4 aromatic carbocycles. The molecule has 220 valence electrons. The number of anilines is 2. The molecule has 44 heavy (non-hydrogen) atoms. The van der Waals surface area contributed by atoms with Crippen molar-refractivity contribution < 1.29 is 57.5 Å². The Balaban J connectivity index is 0.00000529. The summed E-state index contributed by atoms with van der Waals surface area (Å²) in [5.74, 6) is -2.74. The van der Waals surface area contributed by atoms with E-state index < -0.39 is 32.3 Å². The molecular formula is C28H26N8NaO6S+. The fraction of sp³-hybridized carbons (Fsp3) is 0.107. The minimum absolute atomic E-state index is 0. The van der Waals surface area contributed by atoms with E-state index in [9.17, 15) is 28.0 Å². The van der Waals surface area contributed by atoms with Gasteiger partial charge in [-0.2, -0.15) is 28.9 Å². The van der Waals surface area contributed by atoms with Crippen LogP contribution in [0.2, 0.25) is 0 Å². The summed E-state index contributed by atoms with van der Waals surface area (Å²) in [6.45, 7) is 5.46. The van der Waals surface area contributed by atoms with E-state index in [1.165, 1.54) is 0 Å². The van der Waals surface area contributed by atoms with Gasteiger partial charge in [-0.15, -0.1) is 10.2 Å². The summed E-state index contributed by atoms with van der Waals surface area (Å²) in [7, 11) is -4.93. The van der Waals surface area contributed by atoms with Crippen LogP contribution in [0.25, 0.3) is 0 Å². The monoisotopic (exact) mass is 625 g/mol. The van der Waals surface area contributed by atoms with Crippen LogP contribution < -0.4 is 41.0 Å². The van der Waals surface area contributed by atoms with Crippen LogP contribution in [0.3, 0.4) is 0 Å². The Morgan fingerprint density at radius 2 is 1.30 bits per heavy atom. The van der Waals surface area contributed by atoms with Gasteiger partial charge in [0.05, 0.1) is 34.1 Å². The van der Waals surface area contributed by atoms with Gasteiger partial charge in [0.25, 0.3) is 10.1 Å². The Morgan fingerprint density at radius 3 is 1.91 bits per heavy atom. The topological polar surface area (TPSA) is 238 Å². The molecule has 0 bridgehead atoms. The number of rotatable bonds is 8. The Kier molecular flexibility index (Phi) is 10.7. The molecule has 0 fully saturated rings. The molecule has 0 aliphatic carbocycles. The van der Waals surface area contributed by atoms with Gasteiger partial charge < -0.3 is 21.7 Å². The number of aromatic hydroxyl groups is 1. The van der Waals surface area contributed by atoms with Crippen molar-refractivity contribution in [2.75, 3.05) is 11.5 Å². The summed E-state index contributed by atoms with van der Waals surface area (Å²) in [4.78, 5) is 10.4. The summed E-state index contributed by atoms with van der Waals surface area (Å²) in [6.07, 6.45) is 0. The molecule has 0 amide bonds. The molecule has 0 aliphatic heterocycles. The van der Waals surface area contributed by atoms with Crippen LogP contribution in [0.1, 0.15) is 27.0 Å². The molecule has 0 unspecified atom stereocenters. The number of azo groups is 3. The maximum Gasteiger partial charge on any atom is 1.00 e. The number of hydrogen-bond acceptors (Lipinski definition) is 12. The second-order valence-electron chi connectivity index (χ2n) is 9.42. The van der Waals surface area contributed by atoms with Gasteiger partial charge in [-0.25, -0.2) is 4.79 Å². The normalized spacial score (nSPS) is 11.8. The number of benzene rings is 4. The van der Waals surface area contributed by atoms with Gasteiger partial charge in [0.2, 0.25) is 0 Å². The third-order valence-electron chi connectivity index (χ3n) is 6.16. The number of aryl methyl sites for hydroxylation is 3. The Labute approximate surface area is 274 Å². The van der Waals surface area contributed by atoms with E-state index in [2.05, 4.69) is 30.7 Å². The summed E-state index contributed by atoms with van der Waals surface area (Å²) in [5, 5.41) is 44.1. The number of aromatic carboxylic acids is 1. The van der Waals surface area contributed by atoms with Gasteiger partial charge in [-0.3, -0.25) is 4.55 Å². The van der Waals surface area contributed by atoms with Crippen LogP contribution in [0.4, 0.5) is 45.5 Å². The molecule has 0 saturated heterocycles. The fourth-order valence-electron chi connectivity index (χ4n) is 3.77. The molecule has 4 rings (SSSR count). The molecule has 0 radical (unpaired) electrons. The summed E-state index contributed by atoms with van der Waals surface area (Å²) < 4.78 is 32.5. The van der Waals surface area contributed by atoms with Crippen molar-refractivity contribution in [2.45, 2.75) is 25.7 Å². The molecule has 0 spiro atoms. The molecule has 0 heterocycles. The van der Waals surface area contributed by atoms with Crippen LogP contribution in [0, 0.1) is 20.8 Å². The number of carboxylic acids is 1. The molecule has 4 aromatic rings. The van der Waals surface area contributed by atoms with Gasteiger partial charge in [0.1, 0.15) is 21.8 Å². The van der Waals surface area contributed by atoms with Crippen molar-refractivity contribution in [3.8, 4) is 5.75 Å². The molecule has 0 aliphatic rings. The molecule has 16 heteroatoms. The minimum atomic E-state index is -4.93. The van der Waals surface area contributed by atoms with Crippen LogP contribution in [0.15, 0.2) is 96.2 Å². The van der Waals surface area contributed by atoms with Crippen LogP contribution in [-0.4, -0.2) is 29.2 Å². The first-order valence-electron chi connectivity index (χ1n) is 12.4. The SMILES string of the molecule is Cc1ccc(N=Nc2cc(C)c(N)c(N=Nc3ccc(N=Nc4cc(C(=O)O)c(O)c(S(=O)(=O)O)c4)c(C)c3)c2N)cc1.[Na+]. The van der Waals surface area contributed by atoms with Crippen LogP contribution >= 0.6 is 0 Å². The van der Waals surface area contributed by atoms with E-state index in [1.54, 1.807) is 38.1 Å². The van der Waals surface area contributed by atoms with Gasteiger partial charge >= 0.3 is 35.5 Å². The molecule has 7 N–H and O–H groups in total. The zero-order chi connectivity index (χ0) is 31.5. The largest absolute Gasteiger partial charge is 1.00 e. The number of nitrogens with two attached hydrogens (primary N) is 2. The smallest absolute Gasteiger partial charge is 0.506 e. The molecule has 0 atom stereocenters.